The minimum atomic E-state index is -1.01. The molecule has 5 heteroatoms. The molecule has 0 bridgehead atoms. The van der Waals surface area contributed by atoms with Gasteiger partial charge >= 0.3 is 0 Å². The predicted octanol–water partition coefficient (Wildman–Crippen LogP) is 1.07. The Balaban J connectivity index is 1.93. The molecule has 0 aliphatic carbocycles. The summed E-state index contributed by atoms with van der Waals surface area (Å²) in [5, 5.41) is 20.1. The highest BCUT2D eigenvalue weighted by Crippen LogP contribution is 2.23. The molecular weight excluding hydrogens is 280 g/mol. The predicted molar refractivity (Wildman–Crippen MR) is 86.0 cm³/mol. The minimum absolute atomic E-state index is 0.0292. The minimum Gasteiger partial charge on any atom is -0.393 e. The first-order valence-corrected chi connectivity index (χ1v) is 7.59. The summed E-state index contributed by atoms with van der Waals surface area (Å²) in [4.78, 5) is 17.8. The third kappa shape index (κ3) is 2.67. The quantitative estimate of drug-likeness (QED) is 0.793. The Morgan fingerprint density at radius 1 is 1.32 bits per heavy atom. The maximum Gasteiger partial charge on any atom is 0.189 e. The number of nitrogens with zero attached hydrogens (tertiary/aromatic N) is 1. The number of rotatable bonds is 3. The Labute approximate surface area is 129 Å². The normalized spacial score (nSPS) is 22.5. The molecule has 1 atom stereocenters. The average Bonchev–Trinajstić information content (AvgIpc) is 2.85. The second-order valence-corrected chi connectivity index (χ2v) is 6.45. The van der Waals surface area contributed by atoms with E-state index in [9.17, 15) is 15.0 Å². The van der Waals surface area contributed by atoms with Crippen molar-refractivity contribution in [2.45, 2.75) is 32.4 Å². The van der Waals surface area contributed by atoms with Crippen LogP contribution in [0.5, 0.6) is 0 Å². The van der Waals surface area contributed by atoms with Gasteiger partial charge < -0.3 is 15.2 Å². The van der Waals surface area contributed by atoms with Crippen LogP contribution in [-0.4, -0.2) is 45.4 Å². The molecular formula is C17H22N2O3. The Hall–Kier alpha value is -1.69. The van der Waals surface area contributed by atoms with Gasteiger partial charge in [-0.25, -0.2) is 0 Å². The number of hydrogen-bond acceptors (Lipinski definition) is 4. The Bertz CT molecular complexity index is 768. The molecule has 118 valence electrons. The van der Waals surface area contributed by atoms with Crippen LogP contribution in [0.15, 0.2) is 23.0 Å². The number of aliphatic hydroxyl groups excluding tert-OH is 1. The van der Waals surface area contributed by atoms with Gasteiger partial charge in [0.05, 0.1) is 12.1 Å². The van der Waals surface area contributed by atoms with Gasteiger partial charge in [0.15, 0.2) is 5.43 Å². The summed E-state index contributed by atoms with van der Waals surface area (Å²) in [6.07, 6.45) is 0.555. The lowest BCUT2D eigenvalue weighted by atomic mass is 10.0. The molecule has 1 aliphatic rings. The number of fused-ring (bicyclic) bond motifs is 1. The molecule has 2 aromatic rings. The summed E-state index contributed by atoms with van der Waals surface area (Å²) in [5.74, 6) is 0. The van der Waals surface area contributed by atoms with Crippen LogP contribution in [0.4, 0.5) is 0 Å². The lowest BCUT2D eigenvalue weighted by Gasteiger charge is -2.21. The molecule has 0 spiro atoms. The first-order valence-electron chi connectivity index (χ1n) is 7.59. The highest BCUT2D eigenvalue weighted by Gasteiger charge is 2.35. The summed E-state index contributed by atoms with van der Waals surface area (Å²) in [6.45, 7) is 5.41. The fraction of sp³-hybridized carbons (Fsp3) is 0.471. The summed E-state index contributed by atoms with van der Waals surface area (Å²) in [7, 11) is 0. The molecule has 1 aliphatic heterocycles. The lowest BCUT2D eigenvalue weighted by Crippen LogP contribution is -2.36. The number of pyridine rings is 1. The zero-order valence-electron chi connectivity index (χ0n) is 13.0. The second-order valence-electron chi connectivity index (χ2n) is 6.45. The van der Waals surface area contributed by atoms with Crippen LogP contribution in [0.3, 0.4) is 0 Å². The van der Waals surface area contributed by atoms with Gasteiger partial charge in [0.1, 0.15) is 5.60 Å². The summed E-state index contributed by atoms with van der Waals surface area (Å²) < 4.78 is 0. The number of aromatic amines is 1. The van der Waals surface area contributed by atoms with E-state index in [2.05, 4.69) is 9.88 Å². The van der Waals surface area contributed by atoms with Gasteiger partial charge in [0.2, 0.25) is 0 Å². The van der Waals surface area contributed by atoms with Gasteiger partial charge in [-0.05, 0) is 31.4 Å². The molecule has 3 rings (SSSR count). The SMILES string of the molecule is Cc1ccc(C)c2c(=O)cc(CN3CCC(O)(CO)C3)[nH]c12. The molecule has 5 nitrogen and oxygen atoms in total. The van der Waals surface area contributed by atoms with Crippen molar-refractivity contribution in [1.82, 2.24) is 9.88 Å². The molecule has 2 heterocycles. The van der Waals surface area contributed by atoms with E-state index in [4.69, 9.17) is 0 Å². The van der Waals surface area contributed by atoms with E-state index in [0.717, 1.165) is 27.7 Å². The number of aromatic nitrogens is 1. The highest BCUT2D eigenvalue weighted by atomic mass is 16.3. The number of nitrogens with one attached hydrogen (secondary N) is 1. The van der Waals surface area contributed by atoms with E-state index in [1.807, 2.05) is 26.0 Å². The van der Waals surface area contributed by atoms with Crippen molar-refractivity contribution in [2.75, 3.05) is 19.7 Å². The van der Waals surface area contributed by atoms with Gasteiger partial charge in [0, 0.05) is 36.8 Å². The van der Waals surface area contributed by atoms with Crippen LogP contribution >= 0.6 is 0 Å². The molecule has 1 unspecified atom stereocenters. The van der Waals surface area contributed by atoms with Crippen LogP contribution < -0.4 is 5.43 Å². The third-order valence-corrected chi connectivity index (χ3v) is 4.56. The molecule has 1 saturated heterocycles. The summed E-state index contributed by atoms with van der Waals surface area (Å²) >= 11 is 0. The molecule has 22 heavy (non-hydrogen) atoms. The Morgan fingerprint density at radius 3 is 2.73 bits per heavy atom. The number of hydrogen-bond donors (Lipinski definition) is 3. The first-order chi connectivity index (χ1) is 10.4. The van der Waals surface area contributed by atoms with Crippen molar-refractivity contribution in [2.24, 2.45) is 0 Å². The second kappa shape index (κ2) is 5.50. The summed E-state index contributed by atoms with van der Waals surface area (Å²) in [6, 6.07) is 5.62. The van der Waals surface area contributed by atoms with E-state index in [-0.39, 0.29) is 12.0 Å². The van der Waals surface area contributed by atoms with Crippen LogP contribution in [-0.2, 0) is 6.54 Å². The smallest absolute Gasteiger partial charge is 0.189 e. The summed E-state index contributed by atoms with van der Waals surface area (Å²) in [5.41, 5.74) is 2.77. The average molecular weight is 302 g/mol. The van der Waals surface area contributed by atoms with E-state index < -0.39 is 5.60 Å². The third-order valence-electron chi connectivity index (χ3n) is 4.56. The number of likely N-dealkylation sites (tertiary alicyclic amines) is 1. The molecule has 1 aromatic heterocycles. The van der Waals surface area contributed by atoms with E-state index in [0.29, 0.717) is 26.1 Å². The Morgan fingerprint density at radius 2 is 2.05 bits per heavy atom. The topological polar surface area (TPSA) is 76.6 Å². The molecule has 0 amide bonds. The molecule has 1 aromatic carbocycles. The van der Waals surface area contributed by atoms with Crippen LogP contribution in [0, 0.1) is 13.8 Å². The van der Waals surface area contributed by atoms with Gasteiger partial charge in [-0.15, -0.1) is 0 Å². The standard InChI is InChI=1S/C17H22N2O3/c1-11-3-4-12(2)16-15(11)14(21)7-13(18-16)8-19-6-5-17(22,9-19)10-20/h3-4,7,20,22H,5-6,8-10H2,1-2H3,(H,18,21). The zero-order chi connectivity index (χ0) is 15.9. The molecule has 3 N–H and O–H groups in total. The van der Waals surface area contributed by atoms with Gasteiger partial charge in [-0.3, -0.25) is 9.69 Å². The number of aliphatic hydroxyl groups is 2. The van der Waals surface area contributed by atoms with E-state index in [1.165, 1.54) is 0 Å². The molecule has 0 radical (unpaired) electrons. The number of aryl methyl sites for hydroxylation is 2. The Kier molecular flexibility index (Phi) is 3.80. The fourth-order valence-electron chi connectivity index (χ4n) is 3.25. The number of benzene rings is 1. The largest absolute Gasteiger partial charge is 0.393 e. The van der Waals surface area contributed by atoms with Crippen molar-refractivity contribution in [3.63, 3.8) is 0 Å². The van der Waals surface area contributed by atoms with Crippen molar-refractivity contribution in [1.29, 1.82) is 0 Å². The van der Waals surface area contributed by atoms with Crippen molar-refractivity contribution in [3.05, 3.63) is 45.2 Å². The fourth-order valence-corrected chi connectivity index (χ4v) is 3.25. The molecule has 0 saturated carbocycles. The van der Waals surface area contributed by atoms with Crippen molar-refractivity contribution >= 4 is 10.9 Å². The maximum absolute atomic E-state index is 12.4. The van der Waals surface area contributed by atoms with Crippen molar-refractivity contribution in [3.8, 4) is 0 Å². The molecule has 1 fully saturated rings. The zero-order valence-corrected chi connectivity index (χ0v) is 13.0. The van der Waals surface area contributed by atoms with Gasteiger partial charge in [-0.2, -0.15) is 0 Å². The number of H-pyrrole nitrogens is 1. The first kappa shape index (κ1) is 15.2. The number of β-amino-alcohol motifs (C(OH)–C–C–N with tert-alkyl or cyclic N) is 1. The van der Waals surface area contributed by atoms with Crippen LogP contribution in [0.25, 0.3) is 10.9 Å². The highest BCUT2D eigenvalue weighted by molar-refractivity contribution is 5.84. The van der Waals surface area contributed by atoms with E-state index in [1.54, 1.807) is 6.07 Å². The maximum atomic E-state index is 12.4. The lowest BCUT2D eigenvalue weighted by molar-refractivity contribution is -0.00587. The van der Waals surface area contributed by atoms with Crippen molar-refractivity contribution < 1.29 is 10.2 Å². The van der Waals surface area contributed by atoms with E-state index >= 15 is 0 Å². The monoisotopic (exact) mass is 302 g/mol. The van der Waals surface area contributed by atoms with Gasteiger partial charge in [-0.1, -0.05) is 12.1 Å². The van der Waals surface area contributed by atoms with Crippen LogP contribution in [0.2, 0.25) is 0 Å². The van der Waals surface area contributed by atoms with Crippen LogP contribution in [0.1, 0.15) is 23.2 Å². The van der Waals surface area contributed by atoms with Gasteiger partial charge in [0.25, 0.3) is 0 Å².